The molecule has 0 bridgehead atoms. The van der Waals surface area contributed by atoms with Crippen LogP contribution < -0.4 is 10.1 Å². The van der Waals surface area contributed by atoms with Crippen LogP contribution in [0.4, 0.5) is 5.95 Å². The van der Waals surface area contributed by atoms with Gasteiger partial charge >= 0.3 is 0 Å². The van der Waals surface area contributed by atoms with Crippen molar-refractivity contribution in [2.24, 2.45) is 0 Å². The summed E-state index contributed by atoms with van der Waals surface area (Å²) in [5, 5.41) is 2.86. The molecule has 1 aliphatic rings. The molecule has 2 heterocycles. The van der Waals surface area contributed by atoms with Gasteiger partial charge < -0.3 is 9.47 Å². The molecular weight excluding hydrogens is 528 g/mol. The SMILES string of the molecule is COc1ccc(S(=O)(=O)N(CC(=O)Nc2nc(-c3ccccc3)cn2-c2ccc(C)cc2)CC2CCCO2)cc1. The normalized spacial score (nSPS) is 15.3. The van der Waals surface area contributed by atoms with Crippen LogP contribution in [0.2, 0.25) is 0 Å². The van der Waals surface area contributed by atoms with E-state index in [1.54, 1.807) is 16.7 Å². The molecule has 0 saturated carbocycles. The van der Waals surface area contributed by atoms with Crippen LogP contribution in [0, 0.1) is 6.92 Å². The minimum Gasteiger partial charge on any atom is -0.497 e. The van der Waals surface area contributed by atoms with Gasteiger partial charge in [0.15, 0.2) is 0 Å². The number of benzene rings is 3. The molecule has 0 radical (unpaired) electrons. The average molecular weight is 561 g/mol. The van der Waals surface area contributed by atoms with Gasteiger partial charge in [-0.1, -0.05) is 48.0 Å². The number of imidazole rings is 1. The zero-order valence-corrected chi connectivity index (χ0v) is 23.3. The number of anilines is 1. The molecule has 1 unspecified atom stereocenters. The van der Waals surface area contributed by atoms with Crippen LogP contribution in [0.3, 0.4) is 0 Å². The zero-order valence-electron chi connectivity index (χ0n) is 22.5. The summed E-state index contributed by atoms with van der Waals surface area (Å²) in [4.78, 5) is 18.2. The van der Waals surface area contributed by atoms with E-state index in [2.05, 4.69) is 5.32 Å². The van der Waals surface area contributed by atoms with Crippen molar-refractivity contribution in [1.82, 2.24) is 13.9 Å². The highest BCUT2D eigenvalue weighted by molar-refractivity contribution is 7.89. The number of sulfonamides is 1. The first-order valence-corrected chi connectivity index (χ1v) is 14.5. The molecule has 1 fully saturated rings. The smallest absolute Gasteiger partial charge is 0.243 e. The van der Waals surface area contributed by atoms with Gasteiger partial charge in [0.25, 0.3) is 0 Å². The maximum absolute atomic E-state index is 13.6. The van der Waals surface area contributed by atoms with Crippen LogP contribution >= 0.6 is 0 Å². The lowest BCUT2D eigenvalue weighted by molar-refractivity contribution is -0.116. The summed E-state index contributed by atoms with van der Waals surface area (Å²) in [6, 6.07) is 23.6. The Balaban J connectivity index is 1.43. The topological polar surface area (TPSA) is 103 Å². The number of ether oxygens (including phenoxy) is 2. The molecule has 208 valence electrons. The van der Waals surface area contributed by atoms with Gasteiger partial charge in [0.2, 0.25) is 21.9 Å². The molecule has 1 aliphatic heterocycles. The molecule has 0 spiro atoms. The van der Waals surface area contributed by atoms with E-state index in [0.29, 0.717) is 24.0 Å². The first kappa shape index (κ1) is 27.6. The third-order valence-corrected chi connectivity index (χ3v) is 8.61. The van der Waals surface area contributed by atoms with E-state index in [4.69, 9.17) is 14.5 Å². The first-order chi connectivity index (χ1) is 19.3. The molecule has 9 nitrogen and oxygen atoms in total. The van der Waals surface area contributed by atoms with Crippen molar-refractivity contribution in [2.45, 2.75) is 30.8 Å². The molecule has 1 saturated heterocycles. The third kappa shape index (κ3) is 6.25. The fraction of sp³-hybridized carbons (Fsp3) is 0.267. The number of amides is 1. The lowest BCUT2D eigenvalue weighted by atomic mass is 10.2. The van der Waals surface area contributed by atoms with Crippen molar-refractivity contribution in [3.05, 3.63) is 90.6 Å². The predicted molar refractivity (Wildman–Crippen MR) is 153 cm³/mol. The molecule has 5 rings (SSSR count). The number of carbonyl (C=O) groups is 1. The van der Waals surface area contributed by atoms with Gasteiger partial charge in [-0.05, 0) is 56.2 Å². The number of nitrogens with one attached hydrogen (secondary N) is 1. The molecule has 1 aromatic heterocycles. The Morgan fingerprint density at radius 2 is 1.80 bits per heavy atom. The summed E-state index contributed by atoms with van der Waals surface area (Å²) in [5.74, 6) is 0.333. The minimum atomic E-state index is -4.00. The molecule has 3 aromatic carbocycles. The Morgan fingerprint density at radius 3 is 2.45 bits per heavy atom. The lowest BCUT2D eigenvalue weighted by Crippen LogP contribution is -2.42. The number of aromatic nitrogens is 2. The summed E-state index contributed by atoms with van der Waals surface area (Å²) in [6.07, 6.45) is 3.16. The van der Waals surface area contributed by atoms with Gasteiger partial charge in [0, 0.05) is 30.6 Å². The van der Waals surface area contributed by atoms with Crippen molar-refractivity contribution in [3.63, 3.8) is 0 Å². The summed E-state index contributed by atoms with van der Waals surface area (Å²) in [6.45, 7) is 2.25. The van der Waals surface area contributed by atoms with Crippen molar-refractivity contribution < 1.29 is 22.7 Å². The van der Waals surface area contributed by atoms with Crippen molar-refractivity contribution in [1.29, 1.82) is 0 Å². The molecule has 10 heteroatoms. The Kier molecular flexibility index (Phi) is 8.29. The first-order valence-electron chi connectivity index (χ1n) is 13.1. The second-order valence-corrected chi connectivity index (χ2v) is 11.6. The number of carbonyl (C=O) groups excluding carboxylic acids is 1. The number of aryl methyl sites for hydroxylation is 1. The summed E-state index contributed by atoms with van der Waals surface area (Å²) in [5.41, 5.74) is 3.49. The zero-order chi connectivity index (χ0) is 28.1. The van der Waals surface area contributed by atoms with E-state index < -0.39 is 22.5 Å². The highest BCUT2D eigenvalue weighted by atomic mass is 32.2. The van der Waals surface area contributed by atoms with Crippen molar-refractivity contribution in [3.8, 4) is 22.7 Å². The summed E-state index contributed by atoms with van der Waals surface area (Å²) < 4.78 is 41.1. The van der Waals surface area contributed by atoms with E-state index in [-0.39, 0.29) is 17.5 Å². The minimum absolute atomic E-state index is 0.0729. The van der Waals surface area contributed by atoms with Crippen LogP contribution in [0.25, 0.3) is 16.9 Å². The van der Waals surface area contributed by atoms with Gasteiger partial charge in [-0.25, -0.2) is 13.4 Å². The number of methoxy groups -OCH3 is 1. The maximum Gasteiger partial charge on any atom is 0.243 e. The Hall–Kier alpha value is -3.99. The maximum atomic E-state index is 13.6. The summed E-state index contributed by atoms with van der Waals surface area (Å²) in [7, 11) is -2.48. The van der Waals surface area contributed by atoms with Crippen molar-refractivity contribution in [2.75, 3.05) is 32.1 Å². The Bertz CT molecular complexity index is 1550. The van der Waals surface area contributed by atoms with Crippen LogP contribution in [0.1, 0.15) is 18.4 Å². The number of rotatable bonds is 10. The Morgan fingerprint density at radius 1 is 1.07 bits per heavy atom. The van der Waals surface area contributed by atoms with Gasteiger partial charge in [-0.3, -0.25) is 14.7 Å². The monoisotopic (exact) mass is 560 g/mol. The van der Waals surface area contributed by atoms with E-state index in [9.17, 15) is 13.2 Å². The fourth-order valence-electron chi connectivity index (χ4n) is 4.60. The van der Waals surface area contributed by atoms with Crippen LogP contribution in [0.15, 0.2) is 90.0 Å². The van der Waals surface area contributed by atoms with Crippen LogP contribution in [-0.2, 0) is 19.6 Å². The number of hydrogen-bond acceptors (Lipinski definition) is 6. The van der Waals surface area contributed by atoms with Crippen LogP contribution in [0.5, 0.6) is 5.75 Å². The number of hydrogen-bond donors (Lipinski definition) is 1. The van der Waals surface area contributed by atoms with Gasteiger partial charge in [0.1, 0.15) is 5.75 Å². The molecule has 1 atom stereocenters. The van der Waals surface area contributed by atoms with E-state index in [1.807, 2.05) is 67.7 Å². The van der Waals surface area contributed by atoms with E-state index in [1.165, 1.54) is 23.5 Å². The average Bonchev–Trinajstić information content (AvgIpc) is 3.64. The fourth-order valence-corrected chi connectivity index (χ4v) is 6.03. The predicted octanol–water partition coefficient (Wildman–Crippen LogP) is 4.66. The van der Waals surface area contributed by atoms with Crippen LogP contribution in [-0.4, -0.2) is 61.1 Å². The van der Waals surface area contributed by atoms with Crippen molar-refractivity contribution >= 4 is 21.9 Å². The molecule has 4 aromatic rings. The van der Waals surface area contributed by atoms with E-state index >= 15 is 0 Å². The largest absolute Gasteiger partial charge is 0.497 e. The van der Waals surface area contributed by atoms with Gasteiger partial charge in [-0.15, -0.1) is 0 Å². The second-order valence-electron chi connectivity index (χ2n) is 9.68. The Labute approximate surface area is 234 Å². The highest BCUT2D eigenvalue weighted by Crippen LogP contribution is 2.26. The molecule has 0 aliphatic carbocycles. The third-order valence-electron chi connectivity index (χ3n) is 6.79. The standard InChI is InChI=1S/C30H32N4O5S/c1-22-10-12-24(13-11-22)34-20-28(23-7-4-3-5-8-23)31-30(34)32-29(35)21-33(19-26-9-6-18-39-26)40(36,37)27-16-14-25(38-2)15-17-27/h3-5,7-8,10-17,20,26H,6,9,18-19,21H2,1-2H3,(H,31,32,35). The van der Waals surface area contributed by atoms with Gasteiger partial charge in [-0.2, -0.15) is 4.31 Å². The highest BCUT2D eigenvalue weighted by Gasteiger charge is 2.31. The molecule has 40 heavy (non-hydrogen) atoms. The second kappa shape index (κ2) is 12.0. The molecular formula is C30H32N4O5S. The molecule has 1 N–H and O–H groups in total. The summed E-state index contributed by atoms with van der Waals surface area (Å²) >= 11 is 0. The quantitative estimate of drug-likeness (QED) is 0.303. The number of nitrogens with zero attached hydrogens (tertiary/aromatic N) is 3. The van der Waals surface area contributed by atoms with Gasteiger partial charge in [0.05, 0.1) is 30.3 Å². The lowest BCUT2D eigenvalue weighted by Gasteiger charge is -2.24. The van der Waals surface area contributed by atoms with E-state index in [0.717, 1.165) is 29.7 Å². The molecule has 1 amide bonds.